The van der Waals surface area contributed by atoms with Gasteiger partial charge in [0.2, 0.25) is 5.75 Å². The second kappa shape index (κ2) is 11.0. The van der Waals surface area contributed by atoms with Crippen LogP contribution in [0.4, 0.5) is 10.1 Å². The van der Waals surface area contributed by atoms with Crippen LogP contribution >= 0.6 is 0 Å². The number of anilines is 1. The third kappa shape index (κ3) is 5.89. The summed E-state index contributed by atoms with van der Waals surface area (Å²) in [5, 5.41) is 10.4. The number of aliphatic hydroxyl groups excluding tert-OH is 1. The quantitative estimate of drug-likeness (QED) is 0.658. The lowest BCUT2D eigenvalue weighted by atomic mass is 10.1. The molecule has 2 aromatic rings. The first-order valence-electron chi connectivity index (χ1n) is 10.4. The summed E-state index contributed by atoms with van der Waals surface area (Å²) in [5.41, 5.74) is 1.52. The van der Waals surface area contributed by atoms with Crippen LogP contribution in [0.5, 0.6) is 17.2 Å². The van der Waals surface area contributed by atoms with E-state index >= 15 is 0 Å². The summed E-state index contributed by atoms with van der Waals surface area (Å²) in [6.45, 7) is 4.03. The van der Waals surface area contributed by atoms with Gasteiger partial charge >= 0.3 is 0 Å². The molecule has 1 fully saturated rings. The summed E-state index contributed by atoms with van der Waals surface area (Å²) in [6.07, 6.45) is 3.69. The first-order chi connectivity index (χ1) is 15.0. The maximum absolute atomic E-state index is 14.0. The van der Waals surface area contributed by atoms with Gasteiger partial charge < -0.3 is 24.2 Å². The van der Waals surface area contributed by atoms with E-state index in [0.717, 1.165) is 38.3 Å². The Balaban J connectivity index is 1.50. The van der Waals surface area contributed by atoms with Crippen LogP contribution in [0.2, 0.25) is 0 Å². The van der Waals surface area contributed by atoms with Crippen molar-refractivity contribution < 1.29 is 23.7 Å². The molecule has 1 N–H and O–H groups in total. The van der Waals surface area contributed by atoms with Crippen molar-refractivity contribution in [2.24, 2.45) is 0 Å². The molecule has 1 atom stereocenters. The van der Waals surface area contributed by atoms with Gasteiger partial charge in [-0.05, 0) is 36.2 Å². The van der Waals surface area contributed by atoms with E-state index in [4.69, 9.17) is 14.2 Å². The number of para-hydroxylation sites is 1. The van der Waals surface area contributed by atoms with E-state index in [-0.39, 0.29) is 5.82 Å². The van der Waals surface area contributed by atoms with Gasteiger partial charge in [-0.3, -0.25) is 4.90 Å². The molecule has 1 heterocycles. The Kier molecular flexibility index (Phi) is 8.14. The molecule has 1 unspecified atom stereocenters. The summed E-state index contributed by atoms with van der Waals surface area (Å²) in [6, 6.07) is 10.6. The van der Waals surface area contributed by atoms with Gasteiger partial charge in [0, 0.05) is 32.7 Å². The molecule has 1 aliphatic heterocycles. The number of rotatable bonds is 9. The average molecular weight is 431 g/mol. The van der Waals surface area contributed by atoms with Crippen LogP contribution in [0.1, 0.15) is 12.0 Å². The van der Waals surface area contributed by atoms with E-state index in [0.29, 0.717) is 29.4 Å². The zero-order chi connectivity index (χ0) is 22.2. The van der Waals surface area contributed by atoms with Crippen molar-refractivity contribution in [1.82, 2.24) is 4.90 Å². The first kappa shape index (κ1) is 22.9. The highest BCUT2D eigenvalue weighted by Gasteiger charge is 2.19. The lowest BCUT2D eigenvalue weighted by Crippen LogP contribution is -2.47. The molecule has 0 aromatic heterocycles. The summed E-state index contributed by atoms with van der Waals surface area (Å²) in [4.78, 5) is 4.38. The van der Waals surface area contributed by atoms with Crippen LogP contribution in [-0.4, -0.2) is 70.2 Å². The van der Waals surface area contributed by atoms with Crippen molar-refractivity contribution in [3.05, 3.63) is 53.9 Å². The Morgan fingerprint density at radius 2 is 1.65 bits per heavy atom. The van der Waals surface area contributed by atoms with Crippen molar-refractivity contribution in [3.63, 3.8) is 0 Å². The fourth-order valence-corrected chi connectivity index (χ4v) is 3.75. The fourth-order valence-electron chi connectivity index (χ4n) is 3.75. The van der Waals surface area contributed by atoms with E-state index in [1.165, 1.54) is 6.07 Å². The monoisotopic (exact) mass is 430 g/mol. The highest BCUT2D eigenvalue weighted by molar-refractivity contribution is 5.62. The lowest BCUT2D eigenvalue weighted by molar-refractivity contribution is 0.173. The number of benzene rings is 2. The topological polar surface area (TPSA) is 54.4 Å². The summed E-state index contributed by atoms with van der Waals surface area (Å²) in [7, 11) is 4.72. The molecule has 0 amide bonds. The molecule has 0 bridgehead atoms. The van der Waals surface area contributed by atoms with E-state index in [1.807, 2.05) is 30.3 Å². The molecule has 0 saturated carbocycles. The second-order valence-electron chi connectivity index (χ2n) is 7.45. The zero-order valence-corrected chi connectivity index (χ0v) is 18.4. The first-order valence-corrected chi connectivity index (χ1v) is 10.4. The number of ether oxygens (including phenoxy) is 3. The molecule has 1 aliphatic rings. The van der Waals surface area contributed by atoms with Gasteiger partial charge in [-0.25, -0.2) is 4.39 Å². The van der Waals surface area contributed by atoms with Crippen molar-refractivity contribution in [2.45, 2.75) is 12.5 Å². The van der Waals surface area contributed by atoms with Gasteiger partial charge in [0.05, 0.1) is 33.1 Å². The van der Waals surface area contributed by atoms with Crippen LogP contribution in [0, 0.1) is 5.82 Å². The molecule has 0 spiro atoms. The van der Waals surface area contributed by atoms with Gasteiger partial charge in [0.25, 0.3) is 0 Å². The minimum absolute atomic E-state index is 0.177. The maximum atomic E-state index is 14.0. The SMILES string of the molecule is COc1cc(C=CC(O)CCN2CCN(c3ccccc3F)CC2)cc(OC)c1OC. The Morgan fingerprint density at radius 1 is 1.00 bits per heavy atom. The molecular weight excluding hydrogens is 399 g/mol. The van der Waals surface area contributed by atoms with Gasteiger partial charge in [0.15, 0.2) is 11.5 Å². The predicted molar refractivity (Wildman–Crippen MR) is 121 cm³/mol. The molecule has 168 valence electrons. The number of hydrogen-bond donors (Lipinski definition) is 1. The average Bonchev–Trinajstić information content (AvgIpc) is 2.81. The Hall–Kier alpha value is -2.77. The zero-order valence-electron chi connectivity index (χ0n) is 18.4. The smallest absolute Gasteiger partial charge is 0.203 e. The minimum atomic E-state index is -0.566. The Bertz CT molecular complexity index is 857. The van der Waals surface area contributed by atoms with E-state index in [1.54, 1.807) is 33.5 Å². The summed E-state index contributed by atoms with van der Waals surface area (Å²) < 4.78 is 30.0. The third-order valence-electron chi connectivity index (χ3n) is 5.50. The normalized spacial score (nSPS) is 15.8. The molecule has 31 heavy (non-hydrogen) atoms. The van der Waals surface area contributed by atoms with E-state index in [2.05, 4.69) is 9.80 Å². The van der Waals surface area contributed by atoms with Crippen molar-refractivity contribution in [3.8, 4) is 17.2 Å². The van der Waals surface area contributed by atoms with Gasteiger partial charge in [0.1, 0.15) is 5.82 Å². The summed E-state index contributed by atoms with van der Waals surface area (Å²) >= 11 is 0. The molecule has 6 nitrogen and oxygen atoms in total. The summed E-state index contributed by atoms with van der Waals surface area (Å²) in [5.74, 6) is 1.51. The van der Waals surface area contributed by atoms with Crippen molar-refractivity contribution in [1.29, 1.82) is 0 Å². The van der Waals surface area contributed by atoms with Crippen LogP contribution < -0.4 is 19.1 Å². The molecule has 1 saturated heterocycles. The Morgan fingerprint density at radius 3 is 2.23 bits per heavy atom. The maximum Gasteiger partial charge on any atom is 0.203 e. The van der Waals surface area contributed by atoms with Gasteiger partial charge in [-0.15, -0.1) is 0 Å². The molecule has 3 rings (SSSR count). The van der Waals surface area contributed by atoms with Crippen LogP contribution in [0.15, 0.2) is 42.5 Å². The molecular formula is C24H31FN2O4. The number of hydrogen-bond acceptors (Lipinski definition) is 6. The van der Waals surface area contributed by atoms with Gasteiger partial charge in [-0.2, -0.15) is 0 Å². The van der Waals surface area contributed by atoms with Crippen molar-refractivity contribution >= 4 is 11.8 Å². The van der Waals surface area contributed by atoms with Crippen molar-refractivity contribution in [2.75, 3.05) is 59.0 Å². The second-order valence-corrected chi connectivity index (χ2v) is 7.45. The Labute approximate surface area is 183 Å². The molecule has 0 radical (unpaired) electrons. The third-order valence-corrected chi connectivity index (χ3v) is 5.50. The predicted octanol–water partition coefficient (Wildman–Crippen LogP) is 3.44. The number of methoxy groups -OCH3 is 3. The molecule has 0 aliphatic carbocycles. The van der Waals surface area contributed by atoms with E-state index < -0.39 is 6.10 Å². The van der Waals surface area contributed by atoms with Crippen LogP contribution in [0.25, 0.3) is 6.08 Å². The number of halogens is 1. The standard InChI is InChI=1S/C24H31FN2O4/c1-29-22-16-18(17-23(30-2)24(22)31-3)8-9-19(28)10-11-26-12-14-27(15-13-26)21-7-5-4-6-20(21)25/h4-9,16-17,19,28H,10-15H2,1-3H3. The number of nitrogens with zero attached hydrogens (tertiary/aromatic N) is 2. The number of aliphatic hydroxyl groups is 1. The molecule has 2 aromatic carbocycles. The van der Waals surface area contributed by atoms with Gasteiger partial charge in [-0.1, -0.05) is 24.3 Å². The van der Waals surface area contributed by atoms with Crippen LogP contribution in [0.3, 0.4) is 0 Å². The minimum Gasteiger partial charge on any atom is -0.493 e. The largest absolute Gasteiger partial charge is 0.493 e. The highest BCUT2D eigenvalue weighted by Crippen LogP contribution is 2.38. The van der Waals surface area contributed by atoms with E-state index in [9.17, 15) is 9.50 Å². The molecule has 7 heteroatoms. The number of piperazine rings is 1. The highest BCUT2D eigenvalue weighted by atomic mass is 19.1. The fraction of sp³-hybridized carbons (Fsp3) is 0.417. The lowest BCUT2D eigenvalue weighted by Gasteiger charge is -2.36. The van der Waals surface area contributed by atoms with Crippen LogP contribution in [-0.2, 0) is 0 Å².